The topological polar surface area (TPSA) is 111 Å². The van der Waals surface area contributed by atoms with Gasteiger partial charge in [0, 0.05) is 12.1 Å². The molecule has 1 rings (SSSR count). The van der Waals surface area contributed by atoms with Gasteiger partial charge in [-0.05, 0) is 6.07 Å². The number of rotatable bonds is 4. The van der Waals surface area contributed by atoms with E-state index in [0.717, 1.165) is 23.1 Å². The fraction of sp³-hybridized carbons (Fsp3) is 0.182. The van der Waals surface area contributed by atoms with Gasteiger partial charge in [-0.2, -0.15) is 10.5 Å². The third-order valence-corrected chi connectivity index (χ3v) is 2.20. The van der Waals surface area contributed by atoms with Crippen LogP contribution in [0.4, 0.5) is 10.1 Å². The third-order valence-electron chi connectivity index (χ3n) is 2.20. The predicted molar refractivity (Wildman–Crippen MR) is 60.2 cm³/mol. The Morgan fingerprint density at radius 2 is 1.95 bits per heavy atom. The van der Waals surface area contributed by atoms with Gasteiger partial charge in [-0.3, -0.25) is 14.9 Å². The van der Waals surface area contributed by atoms with Crippen LogP contribution in [-0.4, -0.2) is 28.8 Å². The minimum absolute atomic E-state index is 0.408. The Labute approximate surface area is 107 Å². The standard InChI is InChI=1S/C11H7FN4O3/c12-10-2-1-8(16(18)19)7-9(10)11(17)15(5-3-13)6-4-14/h1-2,7H,5-6H2. The SMILES string of the molecule is N#CCN(CC#N)C(=O)c1cc([N+](=O)[O-])ccc1F. The van der Waals surface area contributed by atoms with Gasteiger partial charge < -0.3 is 4.90 Å². The summed E-state index contributed by atoms with van der Waals surface area (Å²) in [5.74, 6) is -1.89. The zero-order chi connectivity index (χ0) is 14.4. The Bertz CT molecular complexity index is 587. The van der Waals surface area contributed by atoms with Gasteiger partial charge in [0.05, 0.1) is 22.6 Å². The normalized spacial score (nSPS) is 9.21. The Kier molecular flexibility index (Phi) is 4.50. The molecule has 0 unspecified atom stereocenters. The van der Waals surface area contributed by atoms with Crippen LogP contribution in [0.25, 0.3) is 0 Å². The summed E-state index contributed by atoms with van der Waals surface area (Å²) in [6.07, 6.45) is 0. The van der Waals surface area contributed by atoms with Crippen molar-refractivity contribution in [2.75, 3.05) is 13.1 Å². The number of nitro benzene ring substituents is 1. The number of hydrogen-bond acceptors (Lipinski definition) is 5. The lowest BCUT2D eigenvalue weighted by Gasteiger charge is -2.15. The summed E-state index contributed by atoms with van der Waals surface area (Å²) in [6, 6.07) is 5.81. The first-order chi connectivity index (χ1) is 9.01. The van der Waals surface area contributed by atoms with Crippen molar-refractivity contribution in [3.63, 3.8) is 0 Å². The monoisotopic (exact) mass is 262 g/mol. The number of carbonyl (C=O) groups is 1. The molecule has 0 aliphatic heterocycles. The molecule has 1 aromatic carbocycles. The van der Waals surface area contributed by atoms with Gasteiger partial charge in [0.2, 0.25) is 0 Å². The van der Waals surface area contributed by atoms with Crippen molar-refractivity contribution in [3.05, 3.63) is 39.7 Å². The molecule has 19 heavy (non-hydrogen) atoms. The molecular weight excluding hydrogens is 255 g/mol. The number of nitrogens with zero attached hydrogens (tertiary/aromatic N) is 4. The average Bonchev–Trinajstić information content (AvgIpc) is 2.38. The maximum Gasteiger partial charge on any atom is 0.270 e. The molecule has 0 heterocycles. The van der Waals surface area contributed by atoms with Crippen molar-refractivity contribution in [1.82, 2.24) is 4.90 Å². The van der Waals surface area contributed by atoms with Crippen LogP contribution in [0.2, 0.25) is 0 Å². The highest BCUT2D eigenvalue weighted by molar-refractivity contribution is 5.95. The van der Waals surface area contributed by atoms with Gasteiger partial charge in [-0.25, -0.2) is 4.39 Å². The van der Waals surface area contributed by atoms with Gasteiger partial charge in [0.25, 0.3) is 11.6 Å². The lowest BCUT2D eigenvalue weighted by Crippen LogP contribution is -2.32. The van der Waals surface area contributed by atoms with E-state index in [4.69, 9.17) is 10.5 Å². The van der Waals surface area contributed by atoms with Crippen LogP contribution in [0.5, 0.6) is 0 Å². The average molecular weight is 262 g/mol. The minimum atomic E-state index is -0.948. The molecule has 0 fully saturated rings. The highest BCUT2D eigenvalue weighted by Crippen LogP contribution is 2.18. The van der Waals surface area contributed by atoms with Gasteiger partial charge >= 0.3 is 0 Å². The van der Waals surface area contributed by atoms with E-state index in [1.54, 1.807) is 12.1 Å². The number of hydrogen-bond donors (Lipinski definition) is 0. The van der Waals surface area contributed by atoms with Crippen LogP contribution >= 0.6 is 0 Å². The van der Waals surface area contributed by atoms with Gasteiger partial charge in [0.1, 0.15) is 18.9 Å². The van der Waals surface area contributed by atoms with Crippen molar-refractivity contribution in [1.29, 1.82) is 10.5 Å². The first-order valence-electron chi connectivity index (χ1n) is 4.98. The fourth-order valence-corrected chi connectivity index (χ4v) is 1.33. The van der Waals surface area contributed by atoms with E-state index in [-0.39, 0.29) is 0 Å². The van der Waals surface area contributed by atoms with Crippen LogP contribution in [0, 0.1) is 38.6 Å². The second kappa shape index (κ2) is 6.07. The number of non-ortho nitro benzene ring substituents is 1. The molecule has 8 heteroatoms. The highest BCUT2D eigenvalue weighted by Gasteiger charge is 2.21. The van der Waals surface area contributed by atoms with Crippen LogP contribution in [0.3, 0.4) is 0 Å². The number of halogens is 1. The minimum Gasteiger partial charge on any atom is -0.312 e. The van der Waals surface area contributed by atoms with E-state index in [2.05, 4.69) is 0 Å². The molecule has 1 amide bonds. The van der Waals surface area contributed by atoms with Crippen molar-refractivity contribution >= 4 is 11.6 Å². The fourth-order valence-electron chi connectivity index (χ4n) is 1.33. The van der Waals surface area contributed by atoms with Crippen LogP contribution in [0.1, 0.15) is 10.4 Å². The van der Waals surface area contributed by atoms with Crippen molar-refractivity contribution in [3.8, 4) is 12.1 Å². The van der Waals surface area contributed by atoms with Crippen LogP contribution < -0.4 is 0 Å². The molecule has 0 saturated heterocycles. The molecule has 0 bridgehead atoms. The number of carbonyl (C=O) groups excluding carboxylic acids is 1. The summed E-state index contributed by atoms with van der Waals surface area (Å²) in [5.41, 5.74) is -0.988. The first-order valence-corrected chi connectivity index (χ1v) is 4.98. The van der Waals surface area contributed by atoms with Crippen molar-refractivity contribution < 1.29 is 14.1 Å². The number of benzene rings is 1. The van der Waals surface area contributed by atoms with Crippen molar-refractivity contribution in [2.45, 2.75) is 0 Å². The molecule has 0 radical (unpaired) electrons. The van der Waals surface area contributed by atoms with Gasteiger partial charge in [0.15, 0.2) is 0 Å². The summed E-state index contributed by atoms with van der Waals surface area (Å²) in [6.45, 7) is -0.816. The Morgan fingerprint density at radius 1 is 1.37 bits per heavy atom. The summed E-state index contributed by atoms with van der Waals surface area (Å²) >= 11 is 0. The smallest absolute Gasteiger partial charge is 0.270 e. The van der Waals surface area contributed by atoms with E-state index in [0.29, 0.717) is 0 Å². The third kappa shape index (κ3) is 3.23. The molecule has 0 aromatic heterocycles. The zero-order valence-corrected chi connectivity index (χ0v) is 9.54. The van der Waals surface area contributed by atoms with Crippen LogP contribution in [0.15, 0.2) is 18.2 Å². The lowest BCUT2D eigenvalue weighted by molar-refractivity contribution is -0.384. The molecule has 1 aromatic rings. The molecule has 0 atom stereocenters. The maximum atomic E-state index is 13.5. The van der Waals surface area contributed by atoms with Gasteiger partial charge in [-0.15, -0.1) is 0 Å². The molecule has 0 saturated carbocycles. The Hall–Kier alpha value is -3.00. The summed E-state index contributed by atoms with van der Waals surface area (Å²) in [5, 5.41) is 27.6. The van der Waals surface area contributed by atoms with E-state index in [1.165, 1.54) is 0 Å². The quantitative estimate of drug-likeness (QED) is 0.460. The highest BCUT2D eigenvalue weighted by atomic mass is 19.1. The molecule has 0 N–H and O–H groups in total. The van der Waals surface area contributed by atoms with Gasteiger partial charge in [-0.1, -0.05) is 0 Å². The first kappa shape index (κ1) is 14.1. The lowest BCUT2D eigenvalue weighted by atomic mass is 10.1. The largest absolute Gasteiger partial charge is 0.312 e. The molecule has 7 nitrogen and oxygen atoms in total. The summed E-state index contributed by atoms with van der Waals surface area (Å²) < 4.78 is 13.5. The van der Waals surface area contributed by atoms with E-state index < -0.39 is 41.0 Å². The van der Waals surface area contributed by atoms with Crippen molar-refractivity contribution in [2.24, 2.45) is 0 Å². The zero-order valence-electron chi connectivity index (χ0n) is 9.54. The van der Waals surface area contributed by atoms with E-state index >= 15 is 0 Å². The maximum absolute atomic E-state index is 13.5. The second-order valence-electron chi connectivity index (χ2n) is 3.40. The second-order valence-corrected chi connectivity index (χ2v) is 3.40. The number of nitriles is 2. The molecular formula is C11H7FN4O3. The number of nitro groups is 1. The predicted octanol–water partition coefficient (Wildman–Crippen LogP) is 1.22. The number of amides is 1. The Balaban J connectivity index is 3.17. The molecule has 96 valence electrons. The van der Waals surface area contributed by atoms with Crippen LogP contribution in [-0.2, 0) is 0 Å². The summed E-state index contributed by atoms with van der Waals surface area (Å²) in [4.78, 5) is 22.5. The molecule has 0 aliphatic carbocycles. The molecule has 0 aliphatic rings. The summed E-state index contributed by atoms with van der Waals surface area (Å²) in [7, 11) is 0. The molecule has 0 spiro atoms. The van der Waals surface area contributed by atoms with E-state index in [9.17, 15) is 19.3 Å². The van der Waals surface area contributed by atoms with E-state index in [1.807, 2.05) is 0 Å². The Morgan fingerprint density at radius 3 is 2.42 bits per heavy atom.